The SMILES string of the molecule is CCOc1cc(/C=C2\C(=O)NC(=O)N(c3cc(OC)c(Cl)cc3OC)C2=O)cc(Br)c1OCc1ccc(C)c(C)c1. The Bertz CT molecular complexity index is 1570. The van der Waals surface area contributed by atoms with Crippen molar-refractivity contribution in [3.63, 3.8) is 0 Å². The molecule has 1 saturated heterocycles. The second kappa shape index (κ2) is 12.7. The lowest BCUT2D eigenvalue weighted by molar-refractivity contribution is -0.122. The molecule has 0 radical (unpaired) electrons. The number of carbonyl (C=O) groups is 3. The van der Waals surface area contributed by atoms with E-state index in [2.05, 4.69) is 27.3 Å². The lowest BCUT2D eigenvalue weighted by atomic mass is 10.1. The molecule has 1 heterocycles. The van der Waals surface area contributed by atoms with Crippen LogP contribution < -0.4 is 29.2 Å². The molecular formula is C30H28BrClN2O7. The highest BCUT2D eigenvalue weighted by atomic mass is 79.9. The molecule has 1 N–H and O–H groups in total. The maximum absolute atomic E-state index is 13.6. The lowest BCUT2D eigenvalue weighted by Gasteiger charge is -2.28. The molecule has 3 aromatic rings. The van der Waals surface area contributed by atoms with Crippen LogP contribution in [0.1, 0.15) is 29.2 Å². The first-order valence-corrected chi connectivity index (χ1v) is 13.7. The molecule has 0 spiro atoms. The first-order chi connectivity index (χ1) is 19.6. The van der Waals surface area contributed by atoms with Gasteiger partial charge in [-0.3, -0.25) is 14.9 Å². The van der Waals surface area contributed by atoms with Gasteiger partial charge in [-0.25, -0.2) is 9.69 Å². The van der Waals surface area contributed by atoms with Gasteiger partial charge in [0.2, 0.25) is 0 Å². The van der Waals surface area contributed by atoms with E-state index in [1.807, 2.05) is 32.9 Å². The van der Waals surface area contributed by atoms with Gasteiger partial charge in [-0.1, -0.05) is 29.8 Å². The van der Waals surface area contributed by atoms with Crippen LogP contribution in [0.3, 0.4) is 0 Å². The van der Waals surface area contributed by atoms with Crippen LogP contribution >= 0.6 is 27.5 Å². The molecule has 1 aliphatic heterocycles. The maximum atomic E-state index is 13.6. The Kier molecular flexibility index (Phi) is 9.25. The summed E-state index contributed by atoms with van der Waals surface area (Å²) in [6, 6.07) is 11.3. The maximum Gasteiger partial charge on any atom is 0.336 e. The number of halogens is 2. The first kappa shape index (κ1) is 30.0. The van der Waals surface area contributed by atoms with Gasteiger partial charge in [-0.05, 0) is 77.2 Å². The summed E-state index contributed by atoms with van der Waals surface area (Å²) >= 11 is 9.72. The number of methoxy groups -OCH3 is 2. The fraction of sp³-hybridized carbons (Fsp3) is 0.233. The van der Waals surface area contributed by atoms with Crippen molar-refractivity contribution >= 4 is 57.1 Å². The van der Waals surface area contributed by atoms with Crippen molar-refractivity contribution in [1.29, 1.82) is 0 Å². The zero-order chi connectivity index (χ0) is 29.8. The van der Waals surface area contributed by atoms with Gasteiger partial charge in [0.05, 0.1) is 36.0 Å². The predicted molar refractivity (Wildman–Crippen MR) is 159 cm³/mol. The quantitative estimate of drug-likeness (QED) is 0.213. The number of benzene rings is 3. The Balaban J connectivity index is 1.70. The van der Waals surface area contributed by atoms with Crippen LogP contribution in [-0.2, 0) is 16.2 Å². The Morgan fingerprint density at radius 3 is 2.32 bits per heavy atom. The molecule has 4 amide bonds. The van der Waals surface area contributed by atoms with Gasteiger partial charge in [0.1, 0.15) is 23.7 Å². The molecular weight excluding hydrogens is 616 g/mol. The Morgan fingerprint density at radius 2 is 1.66 bits per heavy atom. The monoisotopic (exact) mass is 642 g/mol. The highest BCUT2D eigenvalue weighted by Crippen LogP contribution is 2.41. The fourth-order valence-corrected chi connectivity index (χ4v) is 4.99. The number of aryl methyl sites for hydroxylation is 2. The van der Waals surface area contributed by atoms with Gasteiger partial charge < -0.3 is 18.9 Å². The number of rotatable bonds is 9. The van der Waals surface area contributed by atoms with Crippen LogP contribution in [0, 0.1) is 13.8 Å². The molecule has 0 aliphatic carbocycles. The van der Waals surface area contributed by atoms with Gasteiger partial charge >= 0.3 is 6.03 Å². The first-order valence-electron chi connectivity index (χ1n) is 12.6. The number of urea groups is 1. The van der Waals surface area contributed by atoms with E-state index in [9.17, 15) is 14.4 Å². The second-order valence-corrected chi connectivity index (χ2v) is 10.3. The summed E-state index contributed by atoms with van der Waals surface area (Å²) in [5.74, 6) is -0.461. The van der Waals surface area contributed by atoms with E-state index in [4.69, 9.17) is 30.5 Å². The van der Waals surface area contributed by atoms with E-state index in [0.29, 0.717) is 34.7 Å². The second-order valence-electron chi connectivity index (χ2n) is 9.09. The Labute approximate surface area is 251 Å². The Hall–Kier alpha value is -4.02. The number of imide groups is 2. The summed E-state index contributed by atoms with van der Waals surface area (Å²) in [4.78, 5) is 40.0. The fourth-order valence-electron chi connectivity index (χ4n) is 4.19. The molecule has 214 valence electrons. The number of nitrogens with one attached hydrogen (secondary N) is 1. The number of barbiturate groups is 1. The summed E-state index contributed by atoms with van der Waals surface area (Å²) in [6.07, 6.45) is 1.37. The number of anilines is 1. The molecule has 3 aromatic carbocycles. The predicted octanol–water partition coefficient (Wildman–Crippen LogP) is 6.38. The summed E-state index contributed by atoms with van der Waals surface area (Å²) in [7, 11) is 2.76. The zero-order valence-electron chi connectivity index (χ0n) is 23.1. The molecule has 0 unspecified atom stereocenters. The summed E-state index contributed by atoms with van der Waals surface area (Å²) in [5, 5.41) is 2.43. The summed E-state index contributed by atoms with van der Waals surface area (Å²) < 4.78 is 23.1. The summed E-state index contributed by atoms with van der Waals surface area (Å²) in [5.41, 5.74) is 3.59. The number of carbonyl (C=O) groups excluding carboxylic acids is 3. The third kappa shape index (κ3) is 6.34. The van der Waals surface area contributed by atoms with Crippen molar-refractivity contribution in [1.82, 2.24) is 5.32 Å². The molecule has 1 aliphatic rings. The largest absolute Gasteiger partial charge is 0.495 e. The average molecular weight is 644 g/mol. The molecule has 0 atom stereocenters. The van der Waals surface area contributed by atoms with Gasteiger partial charge in [-0.15, -0.1) is 0 Å². The Morgan fingerprint density at radius 1 is 0.927 bits per heavy atom. The van der Waals surface area contributed by atoms with E-state index in [0.717, 1.165) is 16.0 Å². The van der Waals surface area contributed by atoms with Gasteiger partial charge in [-0.2, -0.15) is 0 Å². The van der Waals surface area contributed by atoms with Crippen LogP contribution in [0.15, 0.2) is 52.5 Å². The van der Waals surface area contributed by atoms with E-state index < -0.39 is 17.8 Å². The molecule has 4 rings (SSSR count). The molecule has 0 saturated carbocycles. The number of nitrogens with zero attached hydrogens (tertiary/aromatic N) is 1. The van der Waals surface area contributed by atoms with Crippen LogP contribution in [0.5, 0.6) is 23.0 Å². The van der Waals surface area contributed by atoms with Crippen LogP contribution in [0.4, 0.5) is 10.5 Å². The van der Waals surface area contributed by atoms with Crippen LogP contribution in [0.2, 0.25) is 5.02 Å². The number of hydrogen-bond donors (Lipinski definition) is 1. The molecule has 1 fully saturated rings. The molecule has 0 aromatic heterocycles. The number of hydrogen-bond acceptors (Lipinski definition) is 7. The van der Waals surface area contributed by atoms with Gasteiger partial charge in [0.25, 0.3) is 11.8 Å². The van der Waals surface area contributed by atoms with Crippen molar-refractivity contribution in [3.8, 4) is 23.0 Å². The topological polar surface area (TPSA) is 103 Å². The highest BCUT2D eigenvalue weighted by molar-refractivity contribution is 9.10. The molecule has 11 heteroatoms. The average Bonchev–Trinajstić information content (AvgIpc) is 2.93. The van der Waals surface area contributed by atoms with Crippen molar-refractivity contribution in [2.24, 2.45) is 0 Å². The van der Waals surface area contributed by atoms with Crippen molar-refractivity contribution in [3.05, 3.63) is 79.8 Å². The minimum atomic E-state index is -0.939. The van der Waals surface area contributed by atoms with Crippen molar-refractivity contribution in [2.75, 3.05) is 25.7 Å². The van der Waals surface area contributed by atoms with E-state index in [-0.39, 0.29) is 27.8 Å². The minimum Gasteiger partial charge on any atom is -0.495 e. The molecule has 41 heavy (non-hydrogen) atoms. The smallest absolute Gasteiger partial charge is 0.336 e. The normalized spacial score (nSPS) is 14.3. The van der Waals surface area contributed by atoms with Crippen LogP contribution in [-0.4, -0.2) is 38.7 Å². The third-order valence-electron chi connectivity index (χ3n) is 6.39. The third-order valence-corrected chi connectivity index (χ3v) is 7.28. The van der Waals surface area contributed by atoms with Gasteiger partial charge in [0, 0.05) is 12.1 Å². The van der Waals surface area contributed by atoms with Gasteiger partial charge in [0.15, 0.2) is 11.5 Å². The van der Waals surface area contributed by atoms with Crippen molar-refractivity contribution in [2.45, 2.75) is 27.4 Å². The van der Waals surface area contributed by atoms with E-state index >= 15 is 0 Å². The van der Waals surface area contributed by atoms with Crippen molar-refractivity contribution < 1.29 is 33.3 Å². The van der Waals surface area contributed by atoms with Crippen LogP contribution in [0.25, 0.3) is 6.08 Å². The molecule has 9 nitrogen and oxygen atoms in total. The minimum absolute atomic E-state index is 0.0564. The summed E-state index contributed by atoms with van der Waals surface area (Å²) in [6.45, 7) is 6.59. The number of ether oxygens (including phenoxy) is 4. The highest BCUT2D eigenvalue weighted by Gasteiger charge is 2.38. The lowest BCUT2D eigenvalue weighted by Crippen LogP contribution is -2.54. The van der Waals surface area contributed by atoms with E-state index in [1.165, 1.54) is 38.0 Å². The van der Waals surface area contributed by atoms with E-state index in [1.54, 1.807) is 12.1 Å². The number of amides is 4. The molecule has 0 bridgehead atoms. The standard InChI is InChI=1S/C30H28BrClN2O7/c1-6-40-26-12-19(11-21(31)27(26)41-15-18-8-7-16(2)17(3)9-18)10-20-28(35)33-30(37)34(29(20)36)23-14-24(38-4)22(32)13-25(23)39-5/h7-14H,6,15H2,1-5H3,(H,33,35,37)/b20-10+. The zero-order valence-corrected chi connectivity index (χ0v) is 25.4.